The first-order valence-corrected chi connectivity index (χ1v) is 11.6. The van der Waals surface area contributed by atoms with E-state index in [1.54, 1.807) is 24.5 Å². The highest BCUT2D eigenvalue weighted by molar-refractivity contribution is 6.07. The summed E-state index contributed by atoms with van der Waals surface area (Å²) >= 11 is 0. The van der Waals surface area contributed by atoms with Crippen molar-refractivity contribution in [3.63, 3.8) is 0 Å². The van der Waals surface area contributed by atoms with Crippen molar-refractivity contribution in [3.05, 3.63) is 76.6 Å². The first-order chi connectivity index (χ1) is 16.8. The van der Waals surface area contributed by atoms with Crippen LogP contribution in [0.1, 0.15) is 46.5 Å². The molecule has 0 saturated carbocycles. The van der Waals surface area contributed by atoms with Gasteiger partial charge in [-0.15, -0.1) is 0 Å². The molecule has 2 aliphatic rings. The van der Waals surface area contributed by atoms with Crippen molar-refractivity contribution in [2.24, 2.45) is 0 Å². The minimum atomic E-state index is -0.945. The van der Waals surface area contributed by atoms with Crippen molar-refractivity contribution in [1.82, 2.24) is 14.9 Å². The number of carboxylic acid groups (broad SMARTS) is 1. The van der Waals surface area contributed by atoms with Crippen LogP contribution in [0.3, 0.4) is 0 Å². The Labute approximate surface area is 203 Å². The van der Waals surface area contributed by atoms with Crippen LogP contribution in [-0.4, -0.2) is 45.1 Å². The van der Waals surface area contributed by atoms with Gasteiger partial charge in [0.2, 0.25) is 0 Å². The Morgan fingerprint density at radius 2 is 2.03 bits per heavy atom. The predicted octanol–water partition coefficient (Wildman–Crippen LogP) is 4.08. The summed E-state index contributed by atoms with van der Waals surface area (Å²) in [5, 5.41) is 19.0. The summed E-state index contributed by atoms with van der Waals surface area (Å²) in [5.74, 6) is 1.13. The second-order valence-corrected chi connectivity index (χ2v) is 9.58. The van der Waals surface area contributed by atoms with Crippen LogP contribution in [0, 0.1) is 0 Å². The van der Waals surface area contributed by atoms with E-state index in [0.29, 0.717) is 36.7 Å². The first kappa shape index (κ1) is 22.6. The minimum Gasteiger partial charge on any atom is -0.465 e. The van der Waals surface area contributed by atoms with Gasteiger partial charge < -0.3 is 26.0 Å². The maximum Gasteiger partial charge on any atom is 0.407 e. The minimum absolute atomic E-state index is 0.285. The second kappa shape index (κ2) is 8.90. The number of hydrogen-bond acceptors (Lipinski definition) is 6. The van der Waals surface area contributed by atoms with E-state index in [0.717, 1.165) is 35.5 Å². The second-order valence-electron chi connectivity index (χ2n) is 9.58. The molecule has 0 unspecified atom stereocenters. The van der Waals surface area contributed by atoms with E-state index >= 15 is 0 Å². The van der Waals surface area contributed by atoms with Crippen LogP contribution in [0.15, 0.2) is 48.8 Å². The molecule has 4 N–H and O–H groups in total. The monoisotopic (exact) mass is 472 g/mol. The van der Waals surface area contributed by atoms with E-state index in [9.17, 15) is 14.7 Å². The molecule has 3 aromatic rings. The molecule has 35 heavy (non-hydrogen) atoms. The van der Waals surface area contributed by atoms with Crippen LogP contribution in [0.4, 0.5) is 22.1 Å². The lowest BCUT2D eigenvalue weighted by atomic mass is 9.78. The van der Waals surface area contributed by atoms with E-state index in [-0.39, 0.29) is 11.3 Å². The van der Waals surface area contributed by atoms with Gasteiger partial charge in [0.05, 0.1) is 5.56 Å². The highest BCUT2D eigenvalue weighted by Crippen LogP contribution is 2.35. The molecule has 2 aromatic heterocycles. The van der Waals surface area contributed by atoms with Gasteiger partial charge in [-0.05, 0) is 53.4 Å². The molecular weight excluding hydrogens is 444 g/mol. The molecule has 0 radical (unpaired) electrons. The third kappa shape index (κ3) is 4.49. The summed E-state index contributed by atoms with van der Waals surface area (Å²) in [6, 6.07) is 11.2. The Hall–Kier alpha value is -4.14. The van der Waals surface area contributed by atoms with Crippen molar-refractivity contribution in [3.8, 4) is 0 Å². The number of amides is 2. The Bertz CT molecular complexity index is 1310. The molecule has 4 heterocycles. The largest absolute Gasteiger partial charge is 0.465 e. The summed E-state index contributed by atoms with van der Waals surface area (Å²) < 4.78 is 0. The number of nitrogens with zero attached hydrogens (tertiary/aromatic N) is 3. The Balaban J connectivity index is 1.34. The molecule has 0 saturated heterocycles. The van der Waals surface area contributed by atoms with Gasteiger partial charge in [0.25, 0.3) is 5.91 Å². The number of hydrogen-bond donors (Lipinski definition) is 4. The number of benzene rings is 1. The zero-order chi connectivity index (χ0) is 24.6. The molecule has 9 heteroatoms. The molecule has 0 aliphatic carbocycles. The molecule has 180 valence electrons. The Kier molecular flexibility index (Phi) is 5.76. The number of pyridine rings is 2. The number of carbonyl (C=O) groups is 2. The highest BCUT2D eigenvalue weighted by Gasteiger charge is 2.34. The molecular formula is C26H28N6O3. The van der Waals surface area contributed by atoms with Gasteiger partial charge in [0.1, 0.15) is 11.6 Å². The van der Waals surface area contributed by atoms with Crippen molar-refractivity contribution in [1.29, 1.82) is 0 Å². The van der Waals surface area contributed by atoms with Crippen molar-refractivity contribution in [2.75, 3.05) is 29.0 Å². The van der Waals surface area contributed by atoms with E-state index in [1.165, 1.54) is 10.5 Å². The van der Waals surface area contributed by atoms with Gasteiger partial charge >= 0.3 is 6.09 Å². The van der Waals surface area contributed by atoms with Crippen LogP contribution in [0.2, 0.25) is 0 Å². The first-order valence-electron chi connectivity index (χ1n) is 11.6. The molecule has 2 amide bonds. The highest BCUT2D eigenvalue weighted by atomic mass is 16.4. The fraction of sp³-hybridized carbons (Fsp3) is 0.308. The molecule has 5 rings (SSSR count). The average molecular weight is 473 g/mol. The summed E-state index contributed by atoms with van der Waals surface area (Å²) in [5.41, 5.74) is 5.04. The fourth-order valence-corrected chi connectivity index (χ4v) is 4.96. The fourth-order valence-electron chi connectivity index (χ4n) is 4.96. The Morgan fingerprint density at radius 3 is 2.86 bits per heavy atom. The molecule has 0 bridgehead atoms. The van der Waals surface area contributed by atoms with Gasteiger partial charge in [-0.3, -0.25) is 4.79 Å². The number of nitrogens with one attached hydrogen (secondary N) is 3. The number of rotatable bonds is 5. The molecule has 0 atom stereocenters. The Morgan fingerprint density at radius 1 is 1.17 bits per heavy atom. The topological polar surface area (TPSA) is 119 Å². The van der Waals surface area contributed by atoms with Crippen LogP contribution in [0.25, 0.3) is 0 Å². The van der Waals surface area contributed by atoms with Crippen molar-refractivity contribution >= 4 is 29.3 Å². The van der Waals surface area contributed by atoms with E-state index < -0.39 is 6.09 Å². The number of anilines is 3. The summed E-state index contributed by atoms with van der Waals surface area (Å²) in [7, 11) is 0. The molecule has 1 aromatic carbocycles. The standard InChI is InChI=1S/C26H28N6O3/c1-26(2)15-32(25(34)35)14-17-12-18(5-6-21(17)26)31-24(33)20-4-3-9-27-23(20)30-13-16-7-10-28-22-19(16)8-11-29-22/h3-7,9-10,12H,8,11,13-15H2,1-2H3,(H,27,30)(H,28,29)(H,31,33)(H,34,35). The van der Waals surface area contributed by atoms with Crippen LogP contribution in [-0.2, 0) is 24.9 Å². The lowest BCUT2D eigenvalue weighted by molar-refractivity contribution is 0.102. The van der Waals surface area contributed by atoms with E-state index in [2.05, 4.69) is 25.9 Å². The van der Waals surface area contributed by atoms with Gasteiger partial charge in [-0.2, -0.15) is 0 Å². The third-order valence-electron chi connectivity index (χ3n) is 6.63. The third-order valence-corrected chi connectivity index (χ3v) is 6.63. The maximum atomic E-state index is 13.2. The van der Waals surface area contributed by atoms with Crippen molar-refractivity contribution < 1.29 is 14.7 Å². The van der Waals surface area contributed by atoms with Gasteiger partial charge in [-0.25, -0.2) is 14.8 Å². The number of fused-ring (bicyclic) bond motifs is 2. The maximum absolute atomic E-state index is 13.2. The summed E-state index contributed by atoms with van der Waals surface area (Å²) in [6.07, 6.45) is 3.41. The molecule has 9 nitrogen and oxygen atoms in total. The zero-order valence-corrected chi connectivity index (χ0v) is 19.8. The van der Waals surface area contributed by atoms with Crippen LogP contribution < -0.4 is 16.0 Å². The zero-order valence-electron chi connectivity index (χ0n) is 19.8. The summed E-state index contributed by atoms with van der Waals surface area (Å²) in [4.78, 5) is 35.0. The van der Waals surface area contributed by atoms with Crippen molar-refractivity contribution in [2.45, 2.75) is 38.8 Å². The normalized spacial score (nSPS) is 15.5. The lowest BCUT2D eigenvalue weighted by Crippen LogP contribution is -2.44. The molecule has 2 aliphatic heterocycles. The quantitative estimate of drug-likeness (QED) is 0.442. The average Bonchev–Trinajstić information content (AvgIpc) is 3.32. The number of aromatic nitrogens is 2. The van der Waals surface area contributed by atoms with Gasteiger partial charge in [0.15, 0.2) is 0 Å². The van der Waals surface area contributed by atoms with Crippen LogP contribution >= 0.6 is 0 Å². The van der Waals surface area contributed by atoms with Gasteiger partial charge in [-0.1, -0.05) is 19.9 Å². The van der Waals surface area contributed by atoms with E-state index in [1.807, 2.05) is 38.1 Å². The van der Waals surface area contributed by atoms with Gasteiger partial charge in [0, 0.05) is 55.2 Å². The lowest BCUT2D eigenvalue weighted by Gasteiger charge is -2.38. The molecule has 0 fully saturated rings. The van der Waals surface area contributed by atoms with Crippen LogP contribution in [0.5, 0.6) is 0 Å². The smallest absolute Gasteiger partial charge is 0.407 e. The SMILES string of the molecule is CC1(C)CN(C(=O)O)Cc2cc(NC(=O)c3cccnc3NCc3ccnc4c3CCN4)ccc21. The van der Waals surface area contributed by atoms with E-state index in [4.69, 9.17) is 0 Å². The number of carbonyl (C=O) groups excluding carboxylic acids is 1. The molecule has 0 spiro atoms. The summed E-state index contributed by atoms with van der Waals surface area (Å²) in [6.45, 7) is 6.19. The predicted molar refractivity (Wildman–Crippen MR) is 134 cm³/mol.